The van der Waals surface area contributed by atoms with Crippen LogP contribution in [0.5, 0.6) is 0 Å². The minimum absolute atomic E-state index is 0.119. The lowest BCUT2D eigenvalue weighted by atomic mass is 10.3. The molecule has 6 heteroatoms. The monoisotopic (exact) mass is 256 g/mol. The van der Waals surface area contributed by atoms with Crippen molar-refractivity contribution < 1.29 is 0 Å². The maximum atomic E-state index is 11.3. The lowest BCUT2D eigenvalue weighted by Crippen LogP contribution is -2.36. The number of likely N-dealkylation sites (N-methyl/N-ethyl adjacent to an activating group) is 1. The fourth-order valence-corrected chi connectivity index (χ4v) is 1.91. The Labute approximate surface area is 105 Å². The molecular formula is C11H17ClN4O. The summed E-state index contributed by atoms with van der Waals surface area (Å²) < 4.78 is 0. The van der Waals surface area contributed by atoms with E-state index in [-0.39, 0.29) is 10.6 Å². The van der Waals surface area contributed by atoms with E-state index >= 15 is 0 Å². The number of rotatable bonds is 5. The van der Waals surface area contributed by atoms with Gasteiger partial charge in [-0.25, -0.2) is 4.98 Å². The number of halogens is 1. The second-order valence-corrected chi connectivity index (χ2v) is 4.90. The first-order valence-corrected chi connectivity index (χ1v) is 6.16. The molecule has 1 aromatic heterocycles. The van der Waals surface area contributed by atoms with Gasteiger partial charge in [-0.15, -0.1) is 0 Å². The van der Waals surface area contributed by atoms with Gasteiger partial charge < -0.3 is 10.3 Å². The predicted molar refractivity (Wildman–Crippen MR) is 68.6 cm³/mol. The number of nitrogens with zero attached hydrogens (tertiary/aromatic N) is 2. The van der Waals surface area contributed by atoms with Gasteiger partial charge in [0.15, 0.2) is 5.82 Å². The standard InChI is InChI=1S/C11H17ClN4O/c1-7(16(2)8-3-4-8)5-13-10-9(12)11(17)15-6-14-10/h6-8H,3-5H2,1-2H3,(H2,13,14,15,17). The second kappa shape index (κ2) is 5.06. The fourth-order valence-electron chi connectivity index (χ4n) is 1.74. The van der Waals surface area contributed by atoms with Gasteiger partial charge in [0, 0.05) is 18.6 Å². The minimum Gasteiger partial charge on any atom is -0.367 e. The predicted octanol–water partition coefficient (Wildman–Crippen LogP) is 1.32. The van der Waals surface area contributed by atoms with Gasteiger partial charge in [0.1, 0.15) is 5.02 Å². The van der Waals surface area contributed by atoms with Gasteiger partial charge in [0.25, 0.3) is 5.56 Å². The first-order chi connectivity index (χ1) is 8.09. The van der Waals surface area contributed by atoms with E-state index in [0.29, 0.717) is 11.9 Å². The summed E-state index contributed by atoms with van der Waals surface area (Å²) in [7, 11) is 2.12. The quantitative estimate of drug-likeness (QED) is 0.834. The van der Waals surface area contributed by atoms with Crippen LogP contribution in [0.15, 0.2) is 11.1 Å². The smallest absolute Gasteiger partial charge is 0.271 e. The zero-order chi connectivity index (χ0) is 12.4. The van der Waals surface area contributed by atoms with Crippen LogP contribution in [-0.4, -0.2) is 40.5 Å². The molecule has 0 aromatic carbocycles. The molecule has 1 aliphatic rings. The third-order valence-corrected chi connectivity index (χ3v) is 3.53. The highest BCUT2D eigenvalue weighted by atomic mass is 35.5. The van der Waals surface area contributed by atoms with Crippen molar-refractivity contribution in [3.8, 4) is 0 Å². The van der Waals surface area contributed by atoms with Gasteiger partial charge in [-0.3, -0.25) is 9.69 Å². The molecule has 0 bridgehead atoms. The molecule has 1 heterocycles. The molecule has 5 nitrogen and oxygen atoms in total. The zero-order valence-corrected chi connectivity index (χ0v) is 10.8. The fraction of sp³-hybridized carbons (Fsp3) is 0.636. The van der Waals surface area contributed by atoms with Gasteiger partial charge in [0.2, 0.25) is 0 Å². The molecular weight excluding hydrogens is 240 g/mol. The summed E-state index contributed by atoms with van der Waals surface area (Å²) in [6.07, 6.45) is 3.92. The molecule has 2 rings (SSSR count). The third kappa shape index (κ3) is 2.98. The van der Waals surface area contributed by atoms with Gasteiger partial charge in [-0.2, -0.15) is 0 Å². The van der Waals surface area contributed by atoms with Crippen LogP contribution in [-0.2, 0) is 0 Å². The van der Waals surface area contributed by atoms with E-state index < -0.39 is 0 Å². The molecule has 1 unspecified atom stereocenters. The number of hydrogen-bond acceptors (Lipinski definition) is 4. The summed E-state index contributed by atoms with van der Waals surface area (Å²) in [5.74, 6) is 0.450. The molecule has 0 amide bonds. The molecule has 0 spiro atoms. The van der Waals surface area contributed by atoms with Crippen LogP contribution in [0.25, 0.3) is 0 Å². The lowest BCUT2D eigenvalue weighted by Gasteiger charge is -2.24. The van der Waals surface area contributed by atoms with Crippen LogP contribution in [0.1, 0.15) is 19.8 Å². The highest BCUT2D eigenvalue weighted by Gasteiger charge is 2.28. The summed E-state index contributed by atoms with van der Waals surface area (Å²) in [6, 6.07) is 1.11. The van der Waals surface area contributed by atoms with E-state index in [1.54, 1.807) is 0 Å². The first kappa shape index (κ1) is 12.4. The Morgan fingerprint density at radius 2 is 2.41 bits per heavy atom. The SMILES string of the molecule is CC(CNc1nc[nH]c(=O)c1Cl)N(C)C1CC1. The summed E-state index contributed by atoms with van der Waals surface area (Å²) in [4.78, 5) is 20.0. The largest absolute Gasteiger partial charge is 0.367 e. The van der Waals surface area contributed by atoms with Crippen molar-refractivity contribution in [2.24, 2.45) is 0 Å². The van der Waals surface area contributed by atoms with Crippen LogP contribution < -0.4 is 10.9 Å². The van der Waals surface area contributed by atoms with E-state index in [2.05, 4.69) is 34.2 Å². The topological polar surface area (TPSA) is 61.0 Å². The molecule has 2 N–H and O–H groups in total. The Kier molecular flexibility index (Phi) is 3.69. The molecule has 1 fully saturated rings. The second-order valence-electron chi connectivity index (χ2n) is 4.52. The van der Waals surface area contributed by atoms with Crippen LogP contribution in [0.4, 0.5) is 5.82 Å². The Morgan fingerprint density at radius 1 is 1.71 bits per heavy atom. The number of hydrogen-bond donors (Lipinski definition) is 2. The Morgan fingerprint density at radius 3 is 3.06 bits per heavy atom. The van der Waals surface area contributed by atoms with Gasteiger partial charge >= 0.3 is 0 Å². The summed E-state index contributed by atoms with van der Waals surface area (Å²) in [6.45, 7) is 2.87. The van der Waals surface area contributed by atoms with Crippen molar-refractivity contribution in [3.05, 3.63) is 21.7 Å². The average Bonchev–Trinajstić information content (AvgIpc) is 3.13. The minimum atomic E-state index is -0.313. The zero-order valence-electron chi connectivity index (χ0n) is 10.0. The number of nitrogens with one attached hydrogen (secondary N) is 2. The maximum absolute atomic E-state index is 11.3. The van der Waals surface area contributed by atoms with Crippen LogP contribution in [0.3, 0.4) is 0 Å². The molecule has 1 aromatic rings. The third-order valence-electron chi connectivity index (χ3n) is 3.18. The van der Waals surface area contributed by atoms with E-state index in [9.17, 15) is 4.79 Å². The highest BCUT2D eigenvalue weighted by Crippen LogP contribution is 2.27. The number of anilines is 1. The van der Waals surface area contributed by atoms with Crippen molar-refractivity contribution in [1.29, 1.82) is 0 Å². The maximum Gasteiger partial charge on any atom is 0.271 e. The summed E-state index contributed by atoms with van der Waals surface area (Å²) >= 11 is 5.85. The summed E-state index contributed by atoms with van der Waals surface area (Å²) in [5.41, 5.74) is -0.313. The van der Waals surface area contributed by atoms with Gasteiger partial charge in [-0.05, 0) is 26.8 Å². The molecule has 0 saturated heterocycles. The van der Waals surface area contributed by atoms with Crippen molar-refractivity contribution in [3.63, 3.8) is 0 Å². The summed E-state index contributed by atoms with van der Waals surface area (Å²) in [5, 5.41) is 3.23. The molecule has 0 aliphatic heterocycles. The van der Waals surface area contributed by atoms with Crippen molar-refractivity contribution in [2.45, 2.75) is 31.8 Å². The lowest BCUT2D eigenvalue weighted by molar-refractivity contribution is 0.257. The van der Waals surface area contributed by atoms with Crippen molar-refractivity contribution >= 4 is 17.4 Å². The first-order valence-electron chi connectivity index (χ1n) is 5.78. The molecule has 17 heavy (non-hydrogen) atoms. The number of aromatic amines is 1. The Balaban J connectivity index is 1.92. The Hall–Kier alpha value is -1.07. The van der Waals surface area contributed by atoms with Crippen molar-refractivity contribution in [2.75, 3.05) is 18.9 Å². The number of aromatic nitrogens is 2. The van der Waals surface area contributed by atoms with E-state index in [1.165, 1.54) is 19.2 Å². The van der Waals surface area contributed by atoms with Crippen LogP contribution >= 0.6 is 11.6 Å². The molecule has 94 valence electrons. The average molecular weight is 257 g/mol. The van der Waals surface area contributed by atoms with E-state index in [4.69, 9.17) is 11.6 Å². The highest BCUT2D eigenvalue weighted by molar-refractivity contribution is 6.32. The van der Waals surface area contributed by atoms with E-state index in [0.717, 1.165) is 12.6 Å². The van der Waals surface area contributed by atoms with Gasteiger partial charge in [-0.1, -0.05) is 11.6 Å². The molecule has 1 saturated carbocycles. The molecule has 1 aliphatic carbocycles. The molecule has 1 atom stereocenters. The van der Waals surface area contributed by atoms with E-state index in [1.807, 2.05) is 0 Å². The van der Waals surface area contributed by atoms with Crippen LogP contribution in [0, 0.1) is 0 Å². The molecule has 0 radical (unpaired) electrons. The Bertz CT molecular complexity index is 443. The van der Waals surface area contributed by atoms with Gasteiger partial charge in [0.05, 0.1) is 6.33 Å². The van der Waals surface area contributed by atoms with Crippen LogP contribution in [0.2, 0.25) is 5.02 Å². The number of H-pyrrole nitrogens is 1. The normalized spacial score (nSPS) is 17.2. The van der Waals surface area contributed by atoms with Crippen molar-refractivity contribution in [1.82, 2.24) is 14.9 Å².